The predicted octanol–water partition coefficient (Wildman–Crippen LogP) is 4.93. The van der Waals surface area contributed by atoms with Crippen molar-refractivity contribution in [3.63, 3.8) is 0 Å². The van der Waals surface area contributed by atoms with Crippen LogP contribution in [0.2, 0.25) is 0 Å². The lowest BCUT2D eigenvalue weighted by atomic mass is 9.86. The average molecular weight is 574 g/mol. The van der Waals surface area contributed by atoms with Gasteiger partial charge in [0.25, 0.3) is 0 Å². The van der Waals surface area contributed by atoms with Crippen LogP contribution in [-0.4, -0.2) is 59.9 Å². The van der Waals surface area contributed by atoms with Crippen LogP contribution in [0.4, 0.5) is 16.3 Å². The fraction of sp³-hybridized carbons (Fsp3) is 0.519. The summed E-state index contributed by atoms with van der Waals surface area (Å²) in [5.74, 6) is 1.05. The fourth-order valence-electron chi connectivity index (χ4n) is 4.99. The lowest BCUT2D eigenvalue weighted by molar-refractivity contribution is 0.0416. The molecule has 3 heterocycles. The van der Waals surface area contributed by atoms with E-state index in [1.165, 1.54) is 0 Å². The molecule has 1 aromatic carbocycles. The zero-order chi connectivity index (χ0) is 27.7. The third-order valence-corrected chi connectivity index (χ3v) is 10.4. The van der Waals surface area contributed by atoms with Crippen LogP contribution >= 0.6 is 11.3 Å². The lowest BCUT2D eigenvalue weighted by Crippen LogP contribution is -2.40. The van der Waals surface area contributed by atoms with Crippen molar-refractivity contribution in [2.24, 2.45) is 7.05 Å². The first-order chi connectivity index (χ1) is 18.6. The van der Waals surface area contributed by atoms with Crippen molar-refractivity contribution < 1.29 is 22.7 Å². The van der Waals surface area contributed by atoms with Crippen molar-refractivity contribution >= 4 is 38.8 Å². The van der Waals surface area contributed by atoms with E-state index in [1.807, 2.05) is 46.0 Å². The molecule has 210 valence electrons. The quantitative estimate of drug-likeness (QED) is 0.389. The summed E-state index contributed by atoms with van der Waals surface area (Å²) in [4.78, 5) is 17.8. The van der Waals surface area contributed by atoms with Gasteiger partial charge in [-0.1, -0.05) is 6.07 Å². The molecule has 39 heavy (non-hydrogen) atoms. The molecule has 1 aliphatic heterocycles. The number of aryl methyl sites for hydroxylation is 2. The molecule has 0 atom stereocenters. The Labute approximate surface area is 233 Å². The second-order valence-electron chi connectivity index (χ2n) is 10.5. The first-order valence-corrected chi connectivity index (χ1v) is 15.6. The number of anilines is 2. The molecule has 0 spiro atoms. The Bertz CT molecular complexity index is 1440. The molecule has 0 radical (unpaired) electrons. The number of carbonyl (C=O) groups is 1. The van der Waals surface area contributed by atoms with Gasteiger partial charge >= 0.3 is 6.09 Å². The molecule has 2 aromatic heterocycles. The molecule has 5 rings (SSSR count). The van der Waals surface area contributed by atoms with E-state index in [0.29, 0.717) is 11.3 Å². The summed E-state index contributed by atoms with van der Waals surface area (Å²) in [5.41, 5.74) is 2.20. The van der Waals surface area contributed by atoms with Crippen LogP contribution in [0, 0.1) is 6.92 Å². The summed E-state index contributed by atoms with van der Waals surface area (Å²) in [6, 6.07) is 7.46. The van der Waals surface area contributed by atoms with Crippen LogP contribution in [0.1, 0.15) is 56.2 Å². The smallest absolute Gasteiger partial charge is 0.407 e. The maximum atomic E-state index is 13.6. The average Bonchev–Trinajstić information content (AvgIpc) is 3.44. The third-order valence-electron chi connectivity index (χ3n) is 7.14. The first-order valence-electron chi connectivity index (χ1n) is 13.3. The highest BCUT2D eigenvalue weighted by atomic mass is 32.2. The molecule has 3 aromatic rings. The minimum atomic E-state index is -3.60. The summed E-state index contributed by atoms with van der Waals surface area (Å²) in [5, 5.41) is 11.1. The molecule has 2 aliphatic rings. The van der Waals surface area contributed by atoms with E-state index in [2.05, 4.69) is 15.7 Å². The number of rotatable bonds is 8. The normalized spacial score (nSPS) is 20.0. The van der Waals surface area contributed by atoms with Crippen molar-refractivity contribution in [3.05, 3.63) is 41.2 Å². The number of nitrogens with one attached hydrogen (secondary N) is 2. The van der Waals surface area contributed by atoms with Crippen molar-refractivity contribution in [2.75, 3.05) is 18.5 Å². The molecule has 1 aliphatic carbocycles. The van der Waals surface area contributed by atoms with E-state index in [0.717, 1.165) is 47.1 Å². The Morgan fingerprint density at radius 1 is 1.18 bits per heavy atom. The second-order valence-corrected chi connectivity index (χ2v) is 13.8. The van der Waals surface area contributed by atoms with Crippen LogP contribution < -0.4 is 10.6 Å². The van der Waals surface area contributed by atoms with Gasteiger partial charge in [0.2, 0.25) is 0 Å². The monoisotopic (exact) mass is 573 g/mol. The summed E-state index contributed by atoms with van der Waals surface area (Å²) in [6.45, 7) is 5.98. The molecule has 10 nitrogen and oxygen atoms in total. The zero-order valence-electron chi connectivity index (χ0n) is 22.6. The second kappa shape index (κ2) is 11.3. The molecule has 2 N–H and O–H groups in total. The van der Waals surface area contributed by atoms with E-state index < -0.39 is 15.1 Å². The number of hydrogen-bond donors (Lipinski definition) is 2. The Morgan fingerprint density at radius 2 is 1.92 bits per heavy atom. The van der Waals surface area contributed by atoms with Crippen molar-refractivity contribution in [1.82, 2.24) is 20.1 Å². The number of sulfone groups is 1. The van der Waals surface area contributed by atoms with Gasteiger partial charge in [-0.2, -0.15) is 5.10 Å². The topological polar surface area (TPSA) is 124 Å². The van der Waals surface area contributed by atoms with Gasteiger partial charge in [-0.25, -0.2) is 18.2 Å². The highest BCUT2D eigenvalue weighted by molar-refractivity contribution is 7.92. The highest BCUT2D eigenvalue weighted by Gasteiger charge is 2.36. The van der Waals surface area contributed by atoms with E-state index in [4.69, 9.17) is 14.5 Å². The number of thiazole rings is 1. The Balaban J connectivity index is 1.36. The number of ether oxygens (including phenoxy) is 2. The van der Waals surface area contributed by atoms with Gasteiger partial charge in [0.05, 0.1) is 39.8 Å². The van der Waals surface area contributed by atoms with Gasteiger partial charge in [0, 0.05) is 42.5 Å². The molecule has 12 heteroatoms. The Kier molecular flexibility index (Phi) is 7.97. The molecule has 2 fully saturated rings. The summed E-state index contributed by atoms with van der Waals surface area (Å²) in [7, 11) is -1.76. The Morgan fingerprint density at radius 3 is 2.54 bits per heavy atom. The van der Waals surface area contributed by atoms with Crippen LogP contribution in [0.5, 0.6) is 0 Å². The number of amides is 1. The summed E-state index contributed by atoms with van der Waals surface area (Å²) in [6.07, 6.45) is 4.77. The van der Waals surface area contributed by atoms with E-state index in [-0.39, 0.29) is 42.3 Å². The zero-order valence-corrected chi connectivity index (χ0v) is 24.3. The Hall–Kier alpha value is -2.96. The van der Waals surface area contributed by atoms with Crippen LogP contribution in [0.25, 0.3) is 10.4 Å². The number of benzene rings is 1. The largest absolute Gasteiger partial charge is 0.447 e. The van der Waals surface area contributed by atoms with Gasteiger partial charge in [0.15, 0.2) is 9.84 Å². The number of aromatic nitrogens is 3. The molecular weight excluding hydrogens is 538 g/mol. The molecule has 1 amide bonds. The highest BCUT2D eigenvalue weighted by Crippen LogP contribution is 2.41. The van der Waals surface area contributed by atoms with Gasteiger partial charge in [-0.15, -0.1) is 11.3 Å². The van der Waals surface area contributed by atoms with E-state index >= 15 is 0 Å². The van der Waals surface area contributed by atoms with Crippen LogP contribution in [0.15, 0.2) is 35.4 Å². The van der Waals surface area contributed by atoms with Crippen LogP contribution in [-0.2, 0) is 26.4 Å². The summed E-state index contributed by atoms with van der Waals surface area (Å²) >= 11 is 1.55. The third kappa shape index (κ3) is 6.12. The standard InChI is InChI=1S/C27H35N5O5S2/c1-16(2)37-27(33)30-19-7-5-18(6-8-19)26-28-13-23(38-26)22-10-9-20(29-25-11-17(3)31-32(25)4)12-24(22)39(34,35)21-14-36-15-21/h9-13,16,18-19,21,29H,5-8,14-15H2,1-4H3,(H,30,33)/t18-,19-. The minimum Gasteiger partial charge on any atom is -0.447 e. The van der Waals surface area contributed by atoms with E-state index in [1.54, 1.807) is 28.3 Å². The van der Waals surface area contributed by atoms with Crippen molar-refractivity contribution in [1.29, 1.82) is 0 Å². The van der Waals surface area contributed by atoms with Crippen LogP contribution in [0.3, 0.4) is 0 Å². The molecular formula is C27H35N5O5S2. The number of nitrogens with zero attached hydrogens (tertiary/aromatic N) is 3. The maximum absolute atomic E-state index is 13.6. The van der Waals surface area contributed by atoms with Crippen molar-refractivity contribution in [3.8, 4) is 10.4 Å². The summed E-state index contributed by atoms with van der Waals surface area (Å²) < 4.78 is 39.3. The van der Waals surface area contributed by atoms with Gasteiger partial charge in [0.1, 0.15) is 11.1 Å². The number of hydrogen-bond acceptors (Lipinski definition) is 9. The first kappa shape index (κ1) is 27.6. The van der Waals surface area contributed by atoms with Crippen molar-refractivity contribution in [2.45, 2.75) is 74.7 Å². The maximum Gasteiger partial charge on any atom is 0.407 e. The molecule has 0 bridgehead atoms. The molecule has 0 unspecified atom stereocenters. The fourth-order valence-corrected chi connectivity index (χ4v) is 7.86. The minimum absolute atomic E-state index is 0.0941. The molecule has 1 saturated heterocycles. The number of carbonyl (C=O) groups excluding carboxylic acids is 1. The molecule has 1 saturated carbocycles. The van der Waals surface area contributed by atoms with Gasteiger partial charge < -0.3 is 20.1 Å². The predicted molar refractivity (Wildman–Crippen MR) is 150 cm³/mol. The van der Waals surface area contributed by atoms with Gasteiger partial charge in [-0.05, 0) is 58.6 Å². The number of alkyl carbamates (subject to hydrolysis) is 1. The SMILES string of the molecule is Cc1cc(Nc2ccc(-c3cnc([C@H]4CC[C@H](NC(=O)OC(C)C)CC4)s3)c(S(=O)(=O)C3COC3)c2)n(C)n1. The van der Waals surface area contributed by atoms with Gasteiger partial charge in [-0.3, -0.25) is 4.68 Å². The lowest BCUT2D eigenvalue weighted by Gasteiger charge is -2.28. The van der Waals surface area contributed by atoms with E-state index in [9.17, 15) is 13.2 Å².